The zero-order valence-corrected chi connectivity index (χ0v) is 14.3. The predicted molar refractivity (Wildman–Crippen MR) is 85.9 cm³/mol. The van der Waals surface area contributed by atoms with Gasteiger partial charge in [-0.2, -0.15) is 18.2 Å². The Morgan fingerprint density at radius 2 is 1.92 bits per heavy atom. The largest absolute Gasteiger partial charge is 0.471 e. The van der Waals surface area contributed by atoms with Gasteiger partial charge in [0, 0.05) is 24.2 Å². The van der Waals surface area contributed by atoms with Gasteiger partial charge >= 0.3 is 12.1 Å². The lowest BCUT2D eigenvalue weighted by molar-refractivity contribution is -0.159. The molecule has 1 amide bonds. The molecule has 10 heteroatoms. The van der Waals surface area contributed by atoms with E-state index in [0.29, 0.717) is 30.6 Å². The number of amides is 1. The molecule has 0 saturated carbocycles. The van der Waals surface area contributed by atoms with Crippen molar-refractivity contribution in [2.24, 2.45) is 0 Å². The summed E-state index contributed by atoms with van der Waals surface area (Å²) in [6, 6.07) is 5.87. The Hall–Kier alpha value is -2.46. The van der Waals surface area contributed by atoms with Crippen molar-refractivity contribution in [3.63, 3.8) is 0 Å². The molecule has 0 spiro atoms. The number of alkyl halides is 3. The third kappa shape index (κ3) is 5.81. The maximum Gasteiger partial charge on any atom is 0.471 e. The summed E-state index contributed by atoms with van der Waals surface area (Å²) >= 11 is 0. The number of nitrogens with zero attached hydrogens (tertiary/aromatic N) is 2. The van der Waals surface area contributed by atoms with Crippen LogP contribution in [-0.2, 0) is 11.0 Å². The molecule has 0 radical (unpaired) electrons. The molecule has 2 N–H and O–H groups in total. The minimum Gasteiger partial charge on any atom is -0.352 e. The van der Waals surface area contributed by atoms with E-state index in [1.165, 1.54) is 24.3 Å². The molecule has 0 aliphatic carbocycles. The van der Waals surface area contributed by atoms with Crippen molar-refractivity contribution in [3.8, 4) is 11.4 Å². The van der Waals surface area contributed by atoms with Crippen molar-refractivity contribution in [2.75, 3.05) is 13.1 Å². The number of carbonyl (C=O) groups is 1. The number of hydroxylamine groups is 1. The molecule has 0 aliphatic heterocycles. The topological polar surface area (TPSA) is 89.3 Å². The molecule has 0 atom stereocenters. The first-order chi connectivity index (χ1) is 12.3. The third-order valence-corrected chi connectivity index (χ3v) is 3.13. The van der Waals surface area contributed by atoms with Crippen molar-refractivity contribution in [1.82, 2.24) is 20.9 Å². The van der Waals surface area contributed by atoms with Crippen LogP contribution in [0.2, 0.25) is 0 Å². The van der Waals surface area contributed by atoms with Crippen molar-refractivity contribution < 1.29 is 27.3 Å². The minimum absolute atomic E-state index is 0.0783. The Kier molecular flexibility index (Phi) is 6.70. The number of benzene rings is 1. The molecule has 1 aromatic carbocycles. The van der Waals surface area contributed by atoms with Gasteiger partial charge in [-0.1, -0.05) is 17.3 Å². The Bertz CT molecular complexity index is 714. The molecule has 0 saturated heterocycles. The fourth-order valence-corrected chi connectivity index (χ4v) is 1.92. The zero-order chi connectivity index (χ0) is 19.2. The quantitative estimate of drug-likeness (QED) is 0.547. The van der Waals surface area contributed by atoms with Gasteiger partial charge in [0.25, 0.3) is 5.91 Å². The lowest BCUT2D eigenvalue weighted by atomic mass is 10.1. The molecule has 7 nitrogen and oxygen atoms in total. The number of rotatable bonds is 8. The number of aromatic nitrogens is 2. The van der Waals surface area contributed by atoms with Crippen LogP contribution >= 0.6 is 0 Å². The normalized spacial score (nSPS) is 11.8. The van der Waals surface area contributed by atoms with E-state index in [0.717, 1.165) is 0 Å². The van der Waals surface area contributed by atoms with Gasteiger partial charge in [-0.3, -0.25) is 9.63 Å². The fourth-order valence-electron chi connectivity index (χ4n) is 1.92. The zero-order valence-electron chi connectivity index (χ0n) is 14.3. The van der Waals surface area contributed by atoms with Crippen LogP contribution in [0.3, 0.4) is 0 Å². The lowest BCUT2D eigenvalue weighted by Gasteiger charge is -2.09. The second-order valence-corrected chi connectivity index (χ2v) is 5.67. The second kappa shape index (κ2) is 8.77. The predicted octanol–water partition coefficient (Wildman–Crippen LogP) is 2.80. The lowest BCUT2D eigenvalue weighted by Crippen LogP contribution is -2.28. The van der Waals surface area contributed by atoms with Gasteiger partial charge in [-0.25, -0.2) is 5.48 Å². The molecule has 1 aromatic heterocycles. The molecule has 0 bridgehead atoms. The number of carbonyl (C=O) groups excluding carboxylic acids is 1. The minimum atomic E-state index is -4.69. The van der Waals surface area contributed by atoms with E-state index in [9.17, 15) is 18.0 Å². The van der Waals surface area contributed by atoms with Gasteiger partial charge in [-0.05, 0) is 32.4 Å². The Balaban J connectivity index is 1.85. The summed E-state index contributed by atoms with van der Waals surface area (Å²) in [5.74, 6) is -1.89. The first-order valence-corrected chi connectivity index (χ1v) is 7.95. The molecule has 0 unspecified atom stereocenters. The highest BCUT2D eigenvalue weighted by Crippen LogP contribution is 2.29. The molecule has 142 valence electrons. The summed E-state index contributed by atoms with van der Waals surface area (Å²) in [5, 5.41) is 6.03. The van der Waals surface area contributed by atoms with Gasteiger partial charge in [0.15, 0.2) is 0 Å². The monoisotopic (exact) mass is 372 g/mol. The number of hydrogen-bond donors (Lipinski definition) is 2. The van der Waals surface area contributed by atoms with Gasteiger partial charge in [0.05, 0.1) is 6.10 Å². The smallest absolute Gasteiger partial charge is 0.352 e. The van der Waals surface area contributed by atoms with Crippen LogP contribution in [0.1, 0.15) is 36.5 Å². The van der Waals surface area contributed by atoms with Crippen LogP contribution in [-0.4, -0.2) is 35.2 Å². The van der Waals surface area contributed by atoms with E-state index >= 15 is 0 Å². The van der Waals surface area contributed by atoms with Crippen LogP contribution in [0.5, 0.6) is 0 Å². The molecule has 1 heterocycles. The van der Waals surface area contributed by atoms with Crippen molar-refractivity contribution in [3.05, 3.63) is 35.7 Å². The number of hydrogen-bond acceptors (Lipinski definition) is 6. The number of nitrogens with one attached hydrogen (secondary N) is 2. The summed E-state index contributed by atoms with van der Waals surface area (Å²) in [6.07, 6.45) is -3.94. The van der Waals surface area contributed by atoms with E-state index in [-0.39, 0.29) is 17.8 Å². The van der Waals surface area contributed by atoms with E-state index in [4.69, 9.17) is 4.84 Å². The van der Waals surface area contributed by atoms with Gasteiger partial charge in [0.2, 0.25) is 5.82 Å². The summed E-state index contributed by atoms with van der Waals surface area (Å²) in [5.41, 5.74) is 3.47. The van der Waals surface area contributed by atoms with Crippen LogP contribution < -0.4 is 10.8 Å². The highest BCUT2D eigenvalue weighted by atomic mass is 19.4. The van der Waals surface area contributed by atoms with Crippen molar-refractivity contribution >= 4 is 5.91 Å². The van der Waals surface area contributed by atoms with E-state index in [2.05, 4.69) is 25.5 Å². The van der Waals surface area contributed by atoms with Crippen LogP contribution in [0.15, 0.2) is 28.8 Å². The first kappa shape index (κ1) is 19.9. The first-order valence-electron chi connectivity index (χ1n) is 7.95. The van der Waals surface area contributed by atoms with E-state index in [1.807, 2.05) is 13.8 Å². The van der Waals surface area contributed by atoms with E-state index < -0.39 is 12.1 Å². The van der Waals surface area contributed by atoms with Crippen LogP contribution in [0.25, 0.3) is 11.4 Å². The Labute approximate surface area is 147 Å². The summed E-state index contributed by atoms with van der Waals surface area (Å²) in [4.78, 5) is 20.5. The summed E-state index contributed by atoms with van der Waals surface area (Å²) < 4.78 is 41.6. The highest BCUT2D eigenvalue weighted by Gasteiger charge is 2.38. The van der Waals surface area contributed by atoms with Gasteiger partial charge in [-0.15, -0.1) is 0 Å². The van der Waals surface area contributed by atoms with Crippen LogP contribution in [0, 0.1) is 0 Å². The maximum absolute atomic E-state index is 12.5. The second-order valence-electron chi connectivity index (χ2n) is 5.67. The molecule has 26 heavy (non-hydrogen) atoms. The average molecular weight is 372 g/mol. The average Bonchev–Trinajstić information content (AvgIpc) is 3.08. The van der Waals surface area contributed by atoms with Gasteiger partial charge < -0.3 is 9.84 Å². The molecule has 0 aliphatic rings. The summed E-state index contributed by atoms with van der Waals surface area (Å²) in [6.45, 7) is 4.85. The van der Waals surface area contributed by atoms with Crippen molar-refractivity contribution in [1.29, 1.82) is 0 Å². The van der Waals surface area contributed by atoms with Crippen molar-refractivity contribution in [2.45, 2.75) is 32.5 Å². The van der Waals surface area contributed by atoms with Gasteiger partial charge in [0.1, 0.15) is 0 Å². The molecular weight excluding hydrogens is 353 g/mol. The maximum atomic E-state index is 12.5. The molecule has 0 fully saturated rings. The standard InChI is InChI=1S/C16H19F3N4O3/c1-10(2)25-21-9-3-8-20-14(24)12-6-4-11(5-7-12)13-22-15(26-23-13)16(17,18)19/h4-7,10,21H,3,8-9H2,1-2H3,(H,20,24). The van der Waals surface area contributed by atoms with Crippen LogP contribution in [0.4, 0.5) is 13.2 Å². The Morgan fingerprint density at radius 3 is 2.50 bits per heavy atom. The Morgan fingerprint density at radius 1 is 1.23 bits per heavy atom. The van der Waals surface area contributed by atoms with E-state index in [1.54, 1.807) is 0 Å². The highest BCUT2D eigenvalue weighted by molar-refractivity contribution is 5.94. The SMILES string of the molecule is CC(C)ONCCCNC(=O)c1ccc(-c2noc(C(F)(F)F)n2)cc1. The third-order valence-electron chi connectivity index (χ3n) is 3.13. The fraction of sp³-hybridized carbons (Fsp3) is 0.438. The summed E-state index contributed by atoms with van der Waals surface area (Å²) in [7, 11) is 0. The molecule has 2 rings (SSSR count). The number of halogens is 3. The molecular formula is C16H19F3N4O3. The molecule has 2 aromatic rings.